The van der Waals surface area contributed by atoms with Crippen molar-refractivity contribution < 1.29 is 22.7 Å². The zero-order chi connectivity index (χ0) is 30.0. The van der Waals surface area contributed by atoms with Crippen molar-refractivity contribution in [1.29, 1.82) is 0 Å². The molecule has 41 heavy (non-hydrogen) atoms. The van der Waals surface area contributed by atoms with Crippen molar-refractivity contribution in [2.75, 3.05) is 30.8 Å². The second kappa shape index (κ2) is 14.7. The maximum Gasteiger partial charge on any atom is 0.243 e. The molecular formula is C32H41N3O5S. The summed E-state index contributed by atoms with van der Waals surface area (Å²) in [7, 11) is -2.00. The van der Waals surface area contributed by atoms with Gasteiger partial charge in [-0.15, -0.1) is 0 Å². The van der Waals surface area contributed by atoms with Gasteiger partial charge in [0.2, 0.25) is 21.8 Å². The molecule has 0 radical (unpaired) electrons. The van der Waals surface area contributed by atoms with Crippen molar-refractivity contribution in [1.82, 2.24) is 10.2 Å². The van der Waals surface area contributed by atoms with Gasteiger partial charge >= 0.3 is 0 Å². The van der Waals surface area contributed by atoms with Gasteiger partial charge in [0.05, 0.1) is 19.1 Å². The molecule has 0 aliphatic heterocycles. The van der Waals surface area contributed by atoms with Crippen LogP contribution in [0.5, 0.6) is 5.75 Å². The van der Waals surface area contributed by atoms with Crippen LogP contribution in [-0.2, 0) is 32.6 Å². The van der Waals surface area contributed by atoms with Gasteiger partial charge in [-0.05, 0) is 67.6 Å². The van der Waals surface area contributed by atoms with Crippen LogP contribution in [0.15, 0.2) is 72.8 Å². The minimum Gasteiger partial charge on any atom is -0.497 e. The van der Waals surface area contributed by atoms with Crippen molar-refractivity contribution in [2.45, 2.75) is 52.6 Å². The summed E-state index contributed by atoms with van der Waals surface area (Å²) in [6.07, 6.45) is 1.89. The normalized spacial score (nSPS) is 11.9. The number of likely N-dealkylation sites (N-methyl/N-ethyl adjacent to an activating group) is 1. The fraction of sp³-hybridized carbons (Fsp3) is 0.375. The van der Waals surface area contributed by atoms with Crippen LogP contribution in [0.2, 0.25) is 0 Å². The monoisotopic (exact) mass is 579 g/mol. The van der Waals surface area contributed by atoms with E-state index in [-0.39, 0.29) is 31.3 Å². The fourth-order valence-electron chi connectivity index (χ4n) is 4.80. The van der Waals surface area contributed by atoms with Crippen LogP contribution in [-0.4, -0.2) is 57.6 Å². The van der Waals surface area contributed by atoms with Crippen molar-refractivity contribution in [2.24, 2.45) is 0 Å². The lowest BCUT2D eigenvalue weighted by atomic mass is 10.0. The van der Waals surface area contributed by atoms with Gasteiger partial charge < -0.3 is 15.0 Å². The number of anilines is 1. The Labute approximate surface area is 244 Å². The van der Waals surface area contributed by atoms with Gasteiger partial charge in [-0.25, -0.2) is 8.42 Å². The number of methoxy groups -OCH3 is 1. The van der Waals surface area contributed by atoms with Crippen molar-refractivity contribution >= 4 is 27.5 Å². The number of carbonyl (C=O) groups excluding carboxylic acids is 2. The molecule has 3 aromatic carbocycles. The molecule has 1 unspecified atom stereocenters. The summed E-state index contributed by atoms with van der Waals surface area (Å²) in [5, 5.41) is 2.89. The van der Waals surface area contributed by atoms with E-state index in [2.05, 4.69) is 5.32 Å². The molecule has 9 heteroatoms. The summed E-state index contributed by atoms with van der Waals surface area (Å²) in [6.45, 7) is 6.46. The van der Waals surface area contributed by atoms with E-state index < -0.39 is 16.1 Å². The first-order valence-corrected chi connectivity index (χ1v) is 15.7. The summed E-state index contributed by atoms with van der Waals surface area (Å²) in [6, 6.07) is 21.8. The van der Waals surface area contributed by atoms with E-state index in [1.807, 2.05) is 87.5 Å². The fourth-order valence-corrected chi connectivity index (χ4v) is 5.82. The number of sulfonamides is 1. The quantitative estimate of drug-likeness (QED) is 0.300. The molecule has 0 saturated heterocycles. The molecule has 0 bridgehead atoms. The predicted molar refractivity (Wildman–Crippen MR) is 164 cm³/mol. The number of rotatable bonds is 14. The third-order valence-electron chi connectivity index (χ3n) is 7.11. The minimum absolute atomic E-state index is 0.0749. The first kappa shape index (κ1) is 31.7. The first-order valence-electron chi connectivity index (χ1n) is 13.8. The number of aryl methyl sites for hydroxylation is 1. The van der Waals surface area contributed by atoms with Gasteiger partial charge in [0.25, 0.3) is 0 Å². The van der Waals surface area contributed by atoms with Crippen LogP contribution in [0.4, 0.5) is 5.69 Å². The van der Waals surface area contributed by atoms with E-state index in [4.69, 9.17) is 4.74 Å². The molecule has 0 aliphatic rings. The van der Waals surface area contributed by atoms with E-state index in [1.165, 1.54) is 10.6 Å². The van der Waals surface area contributed by atoms with Crippen LogP contribution in [0.3, 0.4) is 0 Å². The topological polar surface area (TPSA) is 96.0 Å². The Kier molecular flexibility index (Phi) is 11.3. The zero-order valence-electron chi connectivity index (χ0n) is 24.6. The molecule has 1 N–H and O–H groups in total. The van der Waals surface area contributed by atoms with E-state index in [0.29, 0.717) is 30.8 Å². The van der Waals surface area contributed by atoms with E-state index in [1.54, 1.807) is 18.1 Å². The Bertz CT molecular complexity index is 1430. The second-order valence-electron chi connectivity index (χ2n) is 10.1. The Morgan fingerprint density at radius 1 is 0.951 bits per heavy atom. The standard InChI is InChI=1S/C32H41N3O5S/c1-6-33-32(37)30(22-26-14-8-7-9-15-26)34(23-27-16-11-17-28(21-27)40-4)31(36)19-12-20-35(41(5,38)39)29-18-10-13-24(2)25(29)3/h7-11,13-18,21,30H,6,12,19-20,22-23H2,1-5H3,(H,33,37). The Hall–Kier alpha value is -3.85. The molecule has 0 spiro atoms. The van der Waals surface area contributed by atoms with Gasteiger partial charge in [-0.1, -0.05) is 54.6 Å². The molecule has 0 heterocycles. The lowest BCUT2D eigenvalue weighted by Crippen LogP contribution is -2.50. The van der Waals surface area contributed by atoms with Crippen LogP contribution in [0.1, 0.15) is 42.0 Å². The summed E-state index contributed by atoms with van der Waals surface area (Å²) >= 11 is 0. The minimum atomic E-state index is -3.58. The number of hydrogen-bond acceptors (Lipinski definition) is 5. The molecule has 0 aliphatic carbocycles. The Balaban J connectivity index is 1.90. The average molecular weight is 580 g/mol. The molecular weight excluding hydrogens is 538 g/mol. The lowest BCUT2D eigenvalue weighted by Gasteiger charge is -2.32. The van der Waals surface area contributed by atoms with Gasteiger partial charge in [-0.3, -0.25) is 13.9 Å². The highest BCUT2D eigenvalue weighted by atomic mass is 32.2. The Morgan fingerprint density at radius 2 is 1.63 bits per heavy atom. The van der Waals surface area contributed by atoms with Gasteiger partial charge in [0, 0.05) is 32.5 Å². The number of benzene rings is 3. The molecule has 0 saturated carbocycles. The third-order valence-corrected chi connectivity index (χ3v) is 8.29. The largest absolute Gasteiger partial charge is 0.497 e. The molecule has 1 atom stereocenters. The van der Waals surface area contributed by atoms with Crippen LogP contribution >= 0.6 is 0 Å². The van der Waals surface area contributed by atoms with E-state index >= 15 is 0 Å². The highest BCUT2D eigenvalue weighted by Gasteiger charge is 2.30. The summed E-state index contributed by atoms with van der Waals surface area (Å²) in [5.41, 5.74) is 4.24. The number of hydrogen-bond donors (Lipinski definition) is 1. The Morgan fingerprint density at radius 3 is 2.29 bits per heavy atom. The highest BCUT2D eigenvalue weighted by molar-refractivity contribution is 7.92. The van der Waals surface area contributed by atoms with Crippen molar-refractivity contribution in [3.8, 4) is 5.75 Å². The van der Waals surface area contributed by atoms with Crippen molar-refractivity contribution in [3.63, 3.8) is 0 Å². The summed E-state index contributed by atoms with van der Waals surface area (Å²) in [5.74, 6) is 0.194. The number of carbonyl (C=O) groups is 2. The molecule has 8 nitrogen and oxygen atoms in total. The summed E-state index contributed by atoms with van der Waals surface area (Å²) < 4.78 is 32.2. The van der Waals surface area contributed by atoms with E-state index in [9.17, 15) is 18.0 Å². The molecule has 0 aromatic heterocycles. The SMILES string of the molecule is CCNC(=O)C(Cc1ccccc1)N(Cc1cccc(OC)c1)C(=O)CCCN(c1cccc(C)c1C)S(C)(=O)=O. The average Bonchev–Trinajstić information content (AvgIpc) is 2.95. The van der Waals surface area contributed by atoms with Crippen LogP contribution in [0, 0.1) is 13.8 Å². The number of nitrogens with one attached hydrogen (secondary N) is 1. The van der Waals surface area contributed by atoms with Gasteiger partial charge in [0.1, 0.15) is 11.8 Å². The smallest absolute Gasteiger partial charge is 0.243 e. The maximum absolute atomic E-state index is 13.9. The van der Waals surface area contributed by atoms with Crippen LogP contribution in [0.25, 0.3) is 0 Å². The van der Waals surface area contributed by atoms with Crippen LogP contribution < -0.4 is 14.4 Å². The zero-order valence-corrected chi connectivity index (χ0v) is 25.4. The van der Waals surface area contributed by atoms with Gasteiger partial charge in [-0.2, -0.15) is 0 Å². The number of nitrogens with zero attached hydrogens (tertiary/aromatic N) is 2. The van der Waals surface area contributed by atoms with E-state index in [0.717, 1.165) is 22.3 Å². The molecule has 3 aromatic rings. The molecule has 2 amide bonds. The molecule has 0 fully saturated rings. The van der Waals surface area contributed by atoms with Gasteiger partial charge in [0.15, 0.2) is 0 Å². The molecule has 3 rings (SSSR count). The lowest BCUT2D eigenvalue weighted by molar-refractivity contribution is -0.141. The highest BCUT2D eigenvalue weighted by Crippen LogP contribution is 2.26. The summed E-state index contributed by atoms with van der Waals surface area (Å²) in [4.78, 5) is 28.8. The van der Waals surface area contributed by atoms with Crippen molar-refractivity contribution in [3.05, 3.63) is 95.1 Å². The third kappa shape index (κ3) is 8.82. The second-order valence-corrected chi connectivity index (χ2v) is 12.0. The number of amides is 2. The predicted octanol–water partition coefficient (Wildman–Crippen LogP) is 4.63. The number of ether oxygens (including phenoxy) is 1. The maximum atomic E-state index is 13.9. The molecule has 220 valence electrons. The first-order chi connectivity index (χ1) is 19.5.